The molecule has 0 aliphatic heterocycles. The Morgan fingerprint density at radius 3 is 1.95 bits per heavy atom. The van der Waals surface area contributed by atoms with E-state index in [1.54, 1.807) is 0 Å². The molecular formula is C15H15NaO3S. The van der Waals surface area contributed by atoms with Crippen LogP contribution < -0.4 is 29.6 Å². The summed E-state index contributed by atoms with van der Waals surface area (Å²) in [6.45, 7) is 0. The summed E-state index contributed by atoms with van der Waals surface area (Å²) in [5.41, 5.74) is 3.32. The van der Waals surface area contributed by atoms with Gasteiger partial charge in [0.1, 0.15) is 0 Å². The average molecular weight is 298 g/mol. The van der Waals surface area contributed by atoms with Crippen LogP contribution in [0, 0.1) is 0 Å². The predicted octanol–water partition coefficient (Wildman–Crippen LogP) is -0.165. The maximum Gasteiger partial charge on any atom is 1.00 e. The second kappa shape index (κ2) is 7.96. The fourth-order valence-electron chi connectivity index (χ4n) is 1.95. The van der Waals surface area contributed by atoms with Gasteiger partial charge in [-0.2, -0.15) is 0 Å². The molecule has 0 heterocycles. The first kappa shape index (κ1) is 17.4. The van der Waals surface area contributed by atoms with Crippen molar-refractivity contribution in [3.63, 3.8) is 0 Å². The summed E-state index contributed by atoms with van der Waals surface area (Å²) in [4.78, 5) is 0. The SMILES string of the molecule is O=S(=O)([O-])CCCc1ccc(-c2ccccc2)cc1.[Na+]. The number of aryl methyl sites for hydroxylation is 1. The van der Waals surface area contributed by atoms with Crippen molar-refractivity contribution in [2.75, 3.05) is 5.75 Å². The Labute approximate surface area is 142 Å². The Bertz CT molecular complexity index is 622. The number of hydrogen-bond acceptors (Lipinski definition) is 3. The van der Waals surface area contributed by atoms with Gasteiger partial charge in [0.15, 0.2) is 0 Å². The minimum Gasteiger partial charge on any atom is -0.748 e. The molecule has 0 N–H and O–H groups in total. The molecule has 100 valence electrons. The summed E-state index contributed by atoms with van der Waals surface area (Å²) in [6, 6.07) is 18.0. The van der Waals surface area contributed by atoms with Crippen LogP contribution in [-0.2, 0) is 16.5 Å². The van der Waals surface area contributed by atoms with E-state index < -0.39 is 10.1 Å². The van der Waals surface area contributed by atoms with Crippen molar-refractivity contribution in [2.45, 2.75) is 12.8 Å². The van der Waals surface area contributed by atoms with Gasteiger partial charge < -0.3 is 4.55 Å². The molecule has 0 aliphatic rings. The Kier molecular flexibility index (Phi) is 6.92. The van der Waals surface area contributed by atoms with Crippen LogP contribution in [-0.4, -0.2) is 18.7 Å². The fraction of sp³-hybridized carbons (Fsp3) is 0.200. The molecule has 2 aromatic rings. The fourth-order valence-corrected chi connectivity index (χ4v) is 2.45. The topological polar surface area (TPSA) is 57.2 Å². The van der Waals surface area contributed by atoms with Crippen molar-refractivity contribution in [1.82, 2.24) is 0 Å². The monoisotopic (exact) mass is 298 g/mol. The molecule has 0 saturated carbocycles. The van der Waals surface area contributed by atoms with Crippen molar-refractivity contribution in [3.05, 3.63) is 60.2 Å². The molecule has 0 radical (unpaired) electrons. The minimum atomic E-state index is -4.10. The molecule has 0 fully saturated rings. The van der Waals surface area contributed by atoms with Crippen LogP contribution in [0.25, 0.3) is 11.1 Å². The van der Waals surface area contributed by atoms with E-state index in [-0.39, 0.29) is 35.3 Å². The number of rotatable bonds is 5. The Morgan fingerprint density at radius 2 is 1.40 bits per heavy atom. The van der Waals surface area contributed by atoms with Crippen molar-refractivity contribution in [1.29, 1.82) is 0 Å². The third-order valence-corrected chi connectivity index (χ3v) is 3.71. The third-order valence-electron chi connectivity index (χ3n) is 2.92. The minimum absolute atomic E-state index is 0. The van der Waals surface area contributed by atoms with E-state index in [2.05, 4.69) is 0 Å². The van der Waals surface area contributed by atoms with Gasteiger partial charge in [0, 0.05) is 5.75 Å². The van der Waals surface area contributed by atoms with E-state index >= 15 is 0 Å². The molecule has 2 aromatic carbocycles. The summed E-state index contributed by atoms with van der Waals surface area (Å²) in [5.74, 6) is -0.298. The molecule has 0 amide bonds. The molecule has 0 aromatic heterocycles. The zero-order valence-electron chi connectivity index (χ0n) is 11.5. The number of benzene rings is 2. The van der Waals surface area contributed by atoms with Crippen LogP contribution in [0.1, 0.15) is 12.0 Å². The number of hydrogen-bond donors (Lipinski definition) is 0. The van der Waals surface area contributed by atoms with E-state index in [0.29, 0.717) is 12.8 Å². The molecule has 0 saturated heterocycles. The van der Waals surface area contributed by atoms with E-state index in [1.165, 1.54) is 0 Å². The summed E-state index contributed by atoms with van der Waals surface area (Å²) in [6.07, 6.45) is 0.979. The molecule has 3 nitrogen and oxygen atoms in total. The molecule has 0 aliphatic carbocycles. The van der Waals surface area contributed by atoms with Crippen molar-refractivity contribution in [2.24, 2.45) is 0 Å². The first-order chi connectivity index (χ1) is 9.04. The summed E-state index contributed by atoms with van der Waals surface area (Å²) in [7, 11) is -4.10. The van der Waals surface area contributed by atoms with Gasteiger partial charge >= 0.3 is 29.6 Å². The molecule has 0 unspecified atom stereocenters. The van der Waals surface area contributed by atoms with E-state index in [9.17, 15) is 13.0 Å². The normalized spacial score (nSPS) is 10.8. The third kappa shape index (κ3) is 5.77. The van der Waals surface area contributed by atoms with Gasteiger partial charge in [-0.3, -0.25) is 0 Å². The van der Waals surface area contributed by atoms with Crippen LogP contribution in [0.5, 0.6) is 0 Å². The zero-order chi connectivity index (χ0) is 13.7. The Morgan fingerprint density at radius 1 is 0.850 bits per heavy atom. The first-order valence-corrected chi connectivity index (χ1v) is 7.70. The van der Waals surface area contributed by atoms with Crippen molar-refractivity contribution < 1.29 is 42.5 Å². The van der Waals surface area contributed by atoms with Crippen LogP contribution in [0.15, 0.2) is 54.6 Å². The van der Waals surface area contributed by atoms with Crippen molar-refractivity contribution in [3.8, 4) is 11.1 Å². The van der Waals surface area contributed by atoms with E-state index in [1.807, 2.05) is 54.6 Å². The average Bonchev–Trinajstić information content (AvgIpc) is 2.39. The summed E-state index contributed by atoms with van der Waals surface area (Å²) in [5, 5.41) is 0. The smallest absolute Gasteiger partial charge is 0.748 e. The quantitative estimate of drug-likeness (QED) is 0.569. The largest absolute Gasteiger partial charge is 1.00 e. The predicted molar refractivity (Wildman–Crippen MR) is 74.8 cm³/mol. The van der Waals surface area contributed by atoms with E-state index in [4.69, 9.17) is 0 Å². The summed E-state index contributed by atoms with van der Waals surface area (Å²) >= 11 is 0. The van der Waals surface area contributed by atoms with Crippen molar-refractivity contribution >= 4 is 10.1 Å². The standard InChI is InChI=1S/C15H16O3S.Na/c16-19(17,18)12-4-5-13-8-10-15(11-9-13)14-6-2-1-3-7-14;/h1-3,6-11H,4-5,12H2,(H,16,17,18);/q;+1/p-1. The van der Waals surface area contributed by atoms with Gasteiger partial charge in [-0.25, -0.2) is 8.42 Å². The molecule has 0 spiro atoms. The molecular weight excluding hydrogens is 283 g/mol. The Hall–Kier alpha value is -0.650. The maximum absolute atomic E-state index is 10.5. The molecule has 5 heteroatoms. The van der Waals surface area contributed by atoms with Gasteiger partial charge in [0.05, 0.1) is 10.1 Å². The van der Waals surface area contributed by atoms with E-state index in [0.717, 1.165) is 16.7 Å². The van der Waals surface area contributed by atoms with Gasteiger partial charge in [-0.05, 0) is 29.5 Å². The van der Waals surface area contributed by atoms with Gasteiger partial charge in [-0.1, -0.05) is 54.6 Å². The second-order valence-electron chi connectivity index (χ2n) is 4.43. The maximum atomic E-state index is 10.5. The molecule has 2 rings (SSSR count). The van der Waals surface area contributed by atoms with Gasteiger partial charge in [0.25, 0.3) is 0 Å². The molecule has 20 heavy (non-hydrogen) atoms. The van der Waals surface area contributed by atoms with Crippen LogP contribution >= 0.6 is 0 Å². The van der Waals surface area contributed by atoms with Crippen LogP contribution in [0.4, 0.5) is 0 Å². The molecule has 0 atom stereocenters. The van der Waals surface area contributed by atoms with Gasteiger partial charge in [-0.15, -0.1) is 0 Å². The second-order valence-corrected chi connectivity index (χ2v) is 5.95. The van der Waals surface area contributed by atoms with Crippen LogP contribution in [0.2, 0.25) is 0 Å². The first-order valence-electron chi connectivity index (χ1n) is 6.12. The van der Waals surface area contributed by atoms with Crippen LogP contribution in [0.3, 0.4) is 0 Å². The Balaban J connectivity index is 0.00000200. The zero-order valence-corrected chi connectivity index (χ0v) is 14.3. The van der Waals surface area contributed by atoms with Gasteiger partial charge in [0.2, 0.25) is 0 Å². The summed E-state index contributed by atoms with van der Waals surface area (Å²) < 4.78 is 31.5. The molecule has 0 bridgehead atoms.